The van der Waals surface area contributed by atoms with Crippen molar-refractivity contribution in [1.82, 2.24) is 18.8 Å². The van der Waals surface area contributed by atoms with Crippen LogP contribution >= 0.6 is 0 Å². The Balaban J connectivity index is 1.43. The van der Waals surface area contributed by atoms with Gasteiger partial charge in [-0.15, -0.1) is 0 Å². The van der Waals surface area contributed by atoms with E-state index in [0.717, 1.165) is 10.9 Å². The molecule has 1 N–H and O–H groups in total. The highest BCUT2D eigenvalue weighted by molar-refractivity contribution is 7.90. The first-order valence-electron chi connectivity index (χ1n) is 10.2. The molecule has 4 rings (SSSR count). The summed E-state index contributed by atoms with van der Waals surface area (Å²) in [5, 5.41) is 3.80. The summed E-state index contributed by atoms with van der Waals surface area (Å²) in [6, 6.07) is 15.9. The molecule has 0 aliphatic rings. The minimum Gasteiger partial charge on any atom is -0.354 e. The number of rotatable bonds is 9. The highest BCUT2D eigenvalue weighted by Gasteiger charge is 2.20. The van der Waals surface area contributed by atoms with E-state index in [-0.39, 0.29) is 10.8 Å². The second-order valence-corrected chi connectivity index (χ2v) is 9.10. The Morgan fingerprint density at radius 2 is 1.81 bits per heavy atom. The smallest absolute Gasteiger partial charge is 0.268 e. The van der Waals surface area contributed by atoms with Gasteiger partial charge in [0, 0.05) is 43.5 Å². The lowest BCUT2D eigenvalue weighted by Gasteiger charge is -2.07. The van der Waals surface area contributed by atoms with E-state index >= 15 is 0 Å². The third-order valence-corrected chi connectivity index (χ3v) is 6.85. The number of benzene rings is 2. The maximum atomic E-state index is 13.2. The van der Waals surface area contributed by atoms with Crippen LogP contribution in [-0.2, 0) is 27.8 Å². The second kappa shape index (κ2) is 9.18. The normalized spacial score (nSPS) is 11.6. The van der Waals surface area contributed by atoms with E-state index in [1.54, 1.807) is 49.1 Å². The van der Waals surface area contributed by atoms with Gasteiger partial charge in [0.25, 0.3) is 10.0 Å². The molecule has 2 heterocycles. The summed E-state index contributed by atoms with van der Waals surface area (Å²) < 4.78 is 29.6. The molecule has 7 nitrogen and oxygen atoms in total. The summed E-state index contributed by atoms with van der Waals surface area (Å²) in [5.74, 6) is -0.0132. The highest BCUT2D eigenvalue weighted by atomic mass is 32.2. The predicted octanol–water partition coefficient (Wildman–Crippen LogP) is 3.21. The molecule has 31 heavy (non-hydrogen) atoms. The topological polar surface area (TPSA) is 86.0 Å². The van der Waals surface area contributed by atoms with Crippen molar-refractivity contribution >= 4 is 26.8 Å². The van der Waals surface area contributed by atoms with E-state index in [1.807, 2.05) is 35.0 Å². The molecule has 0 unspecified atom stereocenters. The lowest BCUT2D eigenvalue weighted by Crippen LogP contribution is -2.26. The fourth-order valence-corrected chi connectivity index (χ4v) is 5.01. The van der Waals surface area contributed by atoms with Crippen LogP contribution in [-0.4, -0.2) is 34.4 Å². The highest BCUT2D eigenvalue weighted by Crippen LogP contribution is 2.27. The Morgan fingerprint density at radius 1 is 1.03 bits per heavy atom. The average molecular weight is 437 g/mol. The summed E-state index contributed by atoms with van der Waals surface area (Å²) in [4.78, 5) is 16.4. The van der Waals surface area contributed by atoms with Crippen LogP contribution in [0.1, 0.15) is 18.4 Å². The zero-order valence-electron chi connectivity index (χ0n) is 17.0. The number of imidazole rings is 1. The number of hydrogen-bond acceptors (Lipinski definition) is 4. The van der Waals surface area contributed by atoms with Gasteiger partial charge in [-0.1, -0.05) is 36.4 Å². The van der Waals surface area contributed by atoms with Crippen molar-refractivity contribution in [3.63, 3.8) is 0 Å². The number of carbonyl (C=O) groups is 1. The minimum absolute atomic E-state index is 0.0132. The summed E-state index contributed by atoms with van der Waals surface area (Å²) >= 11 is 0. The summed E-state index contributed by atoms with van der Waals surface area (Å²) in [5.41, 5.74) is 1.56. The van der Waals surface area contributed by atoms with Crippen molar-refractivity contribution in [3.8, 4) is 0 Å². The molecular weight excluding hydrogens is 412 g/mol. The van der Waals surface area contributed by atoms with Crippen molar-refractivity contribution in [2.24, 2.45) is 0 Å². The van der Waals surface area contributed by atoms with Crippen molar-refractivity contribution in [1.29, 1.82) is 0 Å². The number of carbonyl (C=O) groups excluding carboxylic acids is 1. The van der Waals surface area contributed by atoms with Gasteiger partial charge in [0.05, 0.1) is 16.7 Å². The standard InChI is InChI=1S/C23H24N4O3S/c28-23(25-14-16-26-15-13-24-18-26)12-6-7-19-17-27(22-11-5-4-10-21(19)22)31(29,30)20-8-2-1-3-9-20/h1-5,8-11,13,15,17-18H,6-7,12,14,16H2,(H,25,28). The van der Waals surface area contributed by atoms with Crippen LogP contribution in [0.4, 0.5) is 0 Å². The molecule has 2 aromatic carbocycles. The van der Waals surface area contributed by atoms with Crippen LogP contribution < -0.4 is 5.32 Å². The average Bonchev–Trinajstić information content (AvgIpc) is 3.43. The Morgan fingerprint density at radius 3 is 2.58 bits per heavy atom. The number of fused-ring (bicyclic) bond motifs is 1. The van der Waals surface area contributed by atoms with Crippen LogP contribution in [0, 0.1) is 0 Å². The van der Waals surface area contributed by atoms with Gasteiger partial charge in [-0.25, -0.2) is 17.4 Å². The third kappa shape index (κ3) is 4.69. The fraction of sp³-hybridized carbons (Fsp3) is 0.217. The largest absolute Gasteiger partial charge is 0.354 e. The molecule has 0 radical (unpaired) electrons. The van der Waals surface area contributed by atoms with E-state index < -0.39 is 10.0 Å². The summed E-state index contributed by atoms with van der Waals surface area (Å²) in [7, 11) is -3.69. The zero-order chi connectivity index (χ0) is 21.7. The van der Waals surface area contributed by atoms with Gasteiger partial charge in [-0.05, 0) is 36.6 Å². The van der Waals surface area contributed by atoms with Crippen molar-refractivity contribution in [2.45, 2.75) is 30.7 Å². The van der Waals surface area contributed by atoms with Gasteiger partial charge in [-0.2, -0.15) is 0 Å². The second-order valence-electron chi connectivity index (χ2n) is 7.29. The first-order chi connectivity index (χ1) is 15.1. The van der Waals surface area contributed by atoms with E-state index in [4.69, 9.17) is 0 Å². The molecule has 8 heteroatoms. The van der Waals surface area contributed by atoms with Gasteiger partial charge in [0.2, 0.25) is 5.91 Å². The number of nitrogens with one attached hydrogen (secondary N) is 1. The Labute approximate surface area is 181 Å². The van der Waals surface area contributed by atoms with Gasteiger partial charge < -0.3 is 9.88 Å². The van der Waals surface area contributed by atoms with Gasteiger partial charge in [-0.3, -0.25) is 4.79 Å². The molecule has 0 saturated heterocycles. The molecule has 1 amide bonds. The van der Waals surface area contributed by atoms with E-state index in [1.165, 1.54) is 3.97 Å². The summed E-state index contributed by atoms with van der Waals surface area (Å²) in [6.45, 7) is 1.22. The van der Waals surface area contributed by atoms with E-state index in [2.05, 4.69) is 10.3 Å². The fourth-order valence-electron chi connectivity index (χ4n) is 3.59. The lowest BCUT2D eigenvalue weighted by molar-refractivity contribution is -0.121. The lowest BCUT2D eigenvalue weighted by atomic mass is 10.1. The van der Waals surface area contributed by atoms with Crippen molar-refractivity contribution in [2.75, 3.05) is 6.54 Å². The molecule has 0 bridgehead atoms. The maximum Gasteiger partial charge on any atom is 0.268 e. The van der Waals surface area contributed by atoms with Crippen LogP contribution in [0.5, 0.6) is 0 Å². The molecule has 0 aliphatic heterocycles. The molecule has 2 aromatic heterocycles. The molecular formula is C23H24N4O3S. The van der Waals surface area contributed by atoms with Gasteiger partial charge >= 0.3 is 0 Å². The van der Waals surface area contributed by atoms with Gasteiger partial charge in [0.15, 0.2) is 0 Å². The number of aryl methyl sites for hydroxylation is 1. The van der Waals surface area contributed by atoms with Crippen LogP contribution in [0.2, 0.25) is 0 Å². The van der Waals surface area contributed by atoms with E-state index in [9.17, 15) is 13.2 Å². The molecule has 0 saturated carbocycles. The molecule has 0 spiro atoms. The zero-order valence-corrected chi connectivity index (χ0v) is 17.8. The third-order valence-electron chi connectivity index (χ3n) is 5.16. The Kier molecular flexibility index (Phi) is 6.18. The molecule has 160 valence electrons. The molecule has 4 aromatic rings. The quantitative estimate of drug-likeness (QED) is 0.437. The number of para-hydroxylation sites is 1. The maximum absolute atomic E-state index is 13.2. The molecule has 0 atom stereocenters. The molecule has 0 aliphatic carbocycles. The van der Waals surface area contributed by atoms with Crippen molar-refractivity contribution < 1.29 is 13.2 Å². The monoisotopic (exact) mass is 436 g/mol. The number of nitrogens with zero attached hydrogens (tertiary/aromatic N) is 3. The predicted molar refractivity (Wildman–Crippen MR) is 119 cm³/mol. The number of amides is 1. The van der Waals surface area contributed by atoms with Crippen LogP contribution in [0.3, 0.4) is 0 Å². The van der Waals surface area contributed by atoms with E-state index in [0.29, 0.717) is 37.9 Å². The molecule has 0 fully saturated rings. The van der Waals surface area contributed by atoms with Gasteiger partial charge in [0.1, 0.15) is 0 Å². The Bertz CT molecular complexity index is 1260. The first-order valence-corrected chi connectivity index (χ1v) is 11.6. The summed E-state index contributed by atoms with van der Waals surface area (Å²) in [6.07, 6.45) is 8.59. The Hall–Kier alpha value is -3.39. The minimum atomic E-state index is -3.69. The van der Waals surface area contributed by atoms with Crippen LogP contribution in [0.15, 0.2) is 84.4 Å². The van der Waals surface area contributed by atoms with Crippen molar-refractivity contribution in [3.05, 3.63) is 85.1 Å². The number of aromatic nitrogens is 3. The number of hydrogen-bond donors (Lipinski definition) is 1. The van der Waals surface area contributed by atoms with Crippen LogP contribution in [0.25, 0.3) is 10.9 Å². The SMILES string of the molecule is O=C(CCCc1cn(S(=O)(=O)c2ccccc2)c2ccccc12)NCCn1ccnc1. The first kappa shape index (κ1) is 20.9.